The van der Waals surface area contributed by atoms with Crippen LogP contribution < -0.4 is 10.9 Å². The molecular weight excluding hydrogens is 290 g/mol. The molecule has 1 unspecified atom stereocenters. The second-order valence-corrected chi connectivity index (χ2v) is 5.32. The molecule has 2 heterocycles. The lowest BCUT2D eigenvalue weighted by Crippen LogP contribution is -2.59. The van der Waals surface area contributed by atoms with E-state index in [0.29, 0.717) is 6.42 Å². The molecule has 22 heavy (non-hydrogen) atoms. The van der Waals surface area contributed by atoms with Gasteiger partial charge in [-0.05, 0) is 6.42 Å². The van der Waals surface area contributed by atoms with Gasteiger partial charge in [-0.15, -0.1) is 0 Å². The van der Waals surface area contributed by atoms with Crippen LogP contribution in [0.5, 0.6) is 0 Å². The molecule has 0 aromatic carbocycles. The second kappa shape index (κ2) is 6.69. The maximum absolute atomic E-state index is 12.3. The molecule has 1 aromatic heterocycles. The summed E-state index contributed by atoms with van der Waals surface area (Å²) in [5, 5.41) is 17.8. The molecule has 1 aliphatic rings. The largest absolute Gasteiger partial charge is 0.479 e. The second-order valence-electron chi connectivity index (χ2n) is 5.32. The van der Waals surface area contributed by atoms with Crippen LogP contribution in [0.1, 0.15) is 43.0 Å². The lowest BCUT2D eigenvalue weighted by atomic mass is 9.87. The van der Waals surface area contributed by atoms with Gasteiger partial charge in [-0.1, -0.05) is 19.8 Å². The van der Waals surface area contributed by atoms with Crippen molar-refractivity contribution in [1.82, 2.24) is 15.5 Å². The highest BCUT2D eigenvalue weighted by Crippen LogP contribution is 2.30. The van der Waals surface area contributed by atoms with Gasteiger partial charge < -0.3 is 15.2 Å². The van der Waals surface area contributed by atoms with Crippen LogP contribution in [0.2, 0.25) is 0 Å². The normalized spacial score (nSPS) is 24.1. The van der Waals surface area contributed by atoms with Crippen LogP contribution >= 0.6 is 0 Å². The standard InChI is InChI=1S/C14H19N3O5/c1-2-3-4-10-14(13(20)21,5-6-22-10)16-12(19)9-7-11(18)17-15-8-9/h7-8,10H,2-6H2,1H3,(H,16,19)(H,17,18)(H,20,21)/t10-,14?/m0/s1. The number of rotatable bonds is 6. The zero-order chi connectivity index (χ0) is 16.2. The van der Waals surface area contributed by atoms with Crippen molar-refractivity contribution < 1.29 is 19.4 Å². The van der Waals surface area contributed by atoms with E-state index in [0.717, 1.165) is 18.9 Å². The number of hydrogen-bond acceptors (Lipinski definition) is 5. The molecule has 0 aliphatic carbocycles. The Morgan fingerprint density at radius 1 is 1.59 bits per heavy atom. The van der Waals surface area contributed by atoms with E-state index < -0.39 is 29.1 Å². The smallest absolute Gasteiger partial charge is 0.332 e. The summed E-state index contributed by atoms with van der Waals surface area (Å²) < 4.78 is 5.51. The molecule has 1 amide bonds. The molecule has 8 nitrogen and oxygen atoms in total. The van der Waals surface area contributed by atoms with Gasteiger partial charge >= 0.3 is 5.97 Å². The lowest BCUT2D eigenvalue weighted by molar-refractivity contribution is -0.147. The molecule has 120 valence electrons. The van der Waals surface area contributed by atoms with Crippen LogP contribution in [-0.4, -0.2) is 45.4 Å². The number of carbonyl (C=O) groups is 2. The van der Waals surface area contributed by atoms with Gasteiger partial charge in [0, 0.05) is 12.5 Å². The Morgan fingerprint density at radius 2 is 2.36 bits per heavy atom. The molecule has 2 atom stereocenters. The monoisotopic (exact) mass is 309 g/mol. The van der Waals surface area contributed by atoms with E-state index in [4.69, 9.17) is 4.74 Å². The maximum atomic E-state index is 12.3. The summed E-state index contributed by atoms with van der Waals surface area (Å²) in [4.78, 5) is 35.2. The molecule has 2 rings (SSSR count). The summed E-state index contributed by atoms with van der Waals surface area (Å²) in [5.74, 6) is -1.77. The average Bonchev–Trinajstić information content (AvgIpc) is 2.89. The molecule has 0 spiro atoms. The van der Waals surface area contributed by atoms with E-state index >= 15 is 0 Å². The van der Waals surface area contributed by atoms with Crippen molar-refractivity contribution in [2.75, 3.05) is 6.61 Å². The van der Waals surface area contributed by atoms with Crippen molar-refractivity contribution in [2.24, 2.45) is 0 Å². The van der Waals surface area contributed by atoms with Gasteiger partial charge in [-0.3, -0.25) is 9.59 Å². The topological polar surface area (TPSA) is 121 Å². The minimum absolute atomic E-state index is 0.0190. The Balaban J connectivity index is 2.23. The van der Waals surface area contributed by atoms with E-state index in [-0.39, 0.29) is 18.6 Å². The van der Waals surface area contributed by atoms with Crippen molar-refractivity contribution in [3.05, 3.63) is 28.2 Å². The van der Waals surface area contributed by atoms with Crippen LogP contribution in [0.15, 0.2) is 17.1 Å². The Kier molecular flexibility index (Phi) is 4.92. The van der Waals surface area contributed by atoms with Gasteiger partial charge in [0.05, 0.1) is 24.5 Å². The van der Waals surface area contributed by atoms with Crippen LogP contribution in [0, 0.1) is 0 Å². The summed E-state index contributed by atoms with van der Waals surface area (Å²) in [6.07, 6.45) is 3.06. The highest BCUT2D eigenvalue weighted by molar-refractivity contribution is 5.97. The number of unbranched alkanes of at least 4 members (excludes halogenated alkanes) is 1. The van der Waals surface area contributed by atoms with Crippen LogP contribution in [0.3, 0.4) is 0 Å². The fourth-order valence-corrected chi connectivity index (χ4v) is 2.60. The Hall–Kier alpha value is -2.22. The number of aromatic amines is 1. The molecule has 0 radical (unpaired) electrons. The molecule has 3 N–H and O–H groups in total. The van der Waals surface area contributed by atoms with Crippen LogP contribution in [-0.2, 0) is 9.53 Å². The van der Waals surface area contributed by atoms with E-state index in [1.807, 2.05) is 6.92 Å². The Morgan fingerprint density at radius 3 is 3.00 bits per heavy atom. The number of amides is 1. The van der Waals surface area contributed by atoms with Crippen molar-refractivity contribution in [2.45, 2.75) is 44.2 Å². The average molecular weight is 309 g/mol. The molecular formula is C14H19N3O5. The number of H-pyrrole nitrogens is 1. The molecule has 8 heteroatoms. The van der Waals surface area contributed by atoms with E-state index in [1.54, 1.807) is 0 Å². The molecule has 0 bridgehead atoms. The molecule has 1 saturated heterocycles. The van der Waals surface area contributed by atoms with E-state index in [1.165, 1.54) is 6.20 Å². The Labute approximate surface area is 126 Å². The number of nitrogens with zero attached hydrogens (tertiary/aromatic N) is 1. The van der Waals surface area contributed by atoms with Gasteiger partial charge in [0.15, 0.2) is 5.54 Å². The third-order valence-electron chi connectivity index (χ3n) is 3.83. The van der Waals surface area contributed by atoms with Gasteiger partial charge in [-0.25, -0.2) is 9.89 Å². The van der Waals surface area contributed by atoms with Crippen LogP contribution in [0.4, 0.5) is 0 Å². The summed E-state index contributed by atoms with van der Waals surface area (Å²) in [6, 6.07) is 1.08. The first-order valence-corrected chi connectivity index (χ1v) is 7.22. The first-order chi connectivity index (χ1) is 10.5. The number of carbonyl (C=O) groups excluding carboxylic acids is 1. The Bertz CT molecular complexity index is 614. The fraction of sp³-hybridized carbons (Fsp3) is 0.571. The zero-order valence-electron chi connectivity index (χ0n) is 12.3. The zero-order valence-corrected chi connectivity index (χ0v) is 12.3. The molecule has 0 saturated carbocycles. The van der Waals surface area contributed by atoms with Gasteiger partial charge in [0.1, 0.15) is 0 Å². The number of hydrogen-bond donors (Lipinski definition) is 3. The number of carboxylic acids is 1. The third-order valence-corrected chi connectivity index (χ3v) is 3.83. The maximum Gasteiger partial charge on any atom is 0.332 e. The van der Waals surface area contributed by atoms with E-state index in [9.17, 15) is 19.5 Å². The number of aromatic nitrogens is 2. The number of carboxylic acid groups (broad SMARTS) is 1. The lowest BCUT2D eigenvalue weighted by Gasteiger charge is -2.30. The minimum Gasteiger partial charge on any atom is -0.479 e. The number of ether oxygens (including phenoxy) is 1. The number of aliphatic carboxylic acids is 1. The third kappa shape index (κ3) is 3.16. The molecule has 1 aromatic rings. The van der Waals surface area contributed by atoms with E-state index in [2.05, 4.69) is 15.5 Å². The minimum atomic E-state index is -1.46. The SMILES string of the molecule is CCCC[C@@H]1OCCC1(NC(=O)c1cn[nH]c(=O)c1)C(=O)O. The van der Waals surface area contributed by atoms with Crippen LogP contribution in [0.25, 0.3) is 0 Å². The highest BCUT2D eigenvalue weighted by atomic mass is 16.5. The predicted molar refractivity (Wildman–Crippen MR) is 76.6 cm³/mol. The van der Waals surface area contributed by atoms with Crippen molar-refractivity contribution in [1.29, 1.82) is 0 Å². The van der Waals surface area contributed by atoms with Gasteiger partial charge in [-0.2, -0.15) is 5.10 Å². The summed E-state index contributed by atoms with van der Waals surface area (Å²) in [5.41, 5.74) is -1.97. The first-order valence-electron chi connectivity index (χ1n) is 7.22. The van der Waals surface area contributed by atoms with Crippen molar-refractivity contribution in [3.8, 4) is 0 Å². The van der Waals surface area contributed by atoms with Crippen molar-refractivity contribution in [3.63, 3.8) is 0 Å². The highest BCUT2D eigenvalue weighted by Gasteiger charge is 2.51. The number of nitrogens with one attached hydrogen (secondary N) is 2. The summed E-state index contributed by atoms with van der Waals surface area (Å²) in [7, 11) is 0. The van der Waals surface area contributed by atoms with Gasteiger partial charge in [0.2, 0.25) is 0 Å². The summed E-state index contributed by atoms with van der Waals surface area (Å²) >= 11 is 0. The first kappa shape index (κ1) is 16.2. The van der Waals surface area contributed by atoms with Crippen molar-refractivity contribution >= 4 is 11.9 Å². The molecule has 1 fully saturated rings. The quantitative estimate of drug-likeness (QED) is 0.695. The molecule has 1 aliphatic heterocycles. The predicted octanol–water partition coefficient (Wildman–Crippen LogP) is 0.302. The summed E-state index contributed by atoms with van der Waals surface area (Å²) in [6.45, 7) is 2.27. The van der Waals surface area contributed by atoms with Gasteiger partial charge in [0.25, 0.3) is 11.5 Å². The fourth-order valence-electron chi connectivity index (χ4n) is 2.60.